The molecule has 1 saturated heterocycles. The van der Waals surface area contributed by atoms with Gasteiger partial charge in [-0.3, -0.25) is 9.59 Å². The zero-order chi connectivity index (χ0) is 20.6. The number of halogens is 1. The van der Waals surface area contributed by atoms with Crippen molar-refractivity contribution in [3.63, 3.8) is 0 Å². The lowest BCUT2D eigenvalue weighted by atomic mass is 10.1. The summed E-state index contributed by atoms with van der Waals surface area (Å²) < 4.78 is 29.2. The number of amides is 2. The summed E-state index contributed by atoms with van der Waals surface area (Å²) in [7, 11) is 1.56. The van der Waals surface area contributed by atoms with Gasteiger partial charge in [0.2, 0.25) is 11.8 Å². The van der Waals surface area contributed by atoms with Crippen molar-refractivity contribution in [3.05, 3.63) is 59.9 Å². The Balaban J connectivity index is 1.54. The predicted octanol–water partition coefficient (Wildman–Crippen LogP) is 1.76. The van der Waals surface area contributed by atoms with Crippen LogP contribution in [0.4, 0.5) is 4.39 Å². The van der Waals surface area contributed by atoms with Gasteiger partial charge in [-0.1, -0.05) is 24.3 Å². The topological polar surface area (TPSA) is 77.1 Å². The molecule has 2 aromatic rings. The number of nitrogens with one attached hydrogen (secondary N) is 1. The van der Waals surface area contributed by atoms with Crippen LogP contribution in [0.15, 0.2) is 48.5 Å². The number of para-hydroxylation sites is 2. The highest BCUT2D eigenvalue weighted by molar-refractivity contribution is 5.89. The number of nitrogens with zero attached hydrogens (tertiary/aromatic N) is 1. The Morgan fingerprint density at radius 2 is 1.93 bits per heavy atom. The van der Waals surface area contributed by atoms with Gasteiger partial charge in [-0.25, -0.2) is 4.39 Å². The van der Waals surface area contributed by atoms with Crippen molar-refractivity contribution < 1.29 is 28.2 Å². The van der Waals surface area contributed by atoms with Gasteiger partial charge in [0.1, 0.15) is 25.1 Å². The molecule has 0 radical (unpaired) electrons. The molecular weight excluding hydrogens is 379 g/mol. The summed E-state index contributed by atoms with van der Waals surface area (Å²) in [6, 6.07) is 12.3. The van der Waals surface area contributed by atoms with Crippen LogP contribution >= 0.6 is 0 Å². The summed E-state index contributed by atoms with van der Waals surface area (Å²) in [6.45, 7) is 0.726. The summed E-state index contributed by atoms with van der Waals surface area (Å²) in [5.41, 5.74) is 0.735. The molecule has 1 aliphatic rings. The summed E-state index contributed by atoms with van der Waals surface area (Å²) in [5, 5.41) is 2.77. The molecule has 2 aromatic carbocycles. The van der Waals surface area contributed by atoms with E-state index in [0.717, 1.165) is 5.56 Å². The molecule has 8 heteroatoms. The standard InChI is InChI=1S/C21H23FN2O5/c1-27-18-4-2-3-5-19(18)29-11-10-23-21(26)17-13-28-14-20(25)24(17)12-15-6-8-16(22)9-7-15/h2-9,17H,10-14H2,1H3,(H,23,26)/t17-/m0/s1. The van der Waals surface area contributed by atoms with E-state index in [-0.39, 0.29) is 50.5 Å². The Morgan fingerprint density at radius 3 is 2.66 bits per heavy atom. The summed E-state index contributed by atoms with van der Waals surface area (Å²) in [6.07, 6.45) is 0. The highest BCUT2D eigenvalue weighted by Gasteiger charge is 2.33. The maximum Gasteiger partial charge on any atom is 0.249 e. The lowest BCUT2D eigenvalue weighted by Crippen LogP contribution is -2.56. The fourth-order valence-electron chi connectivity index (χ4n) is 3.00. The first kappa shape index (κ1) is 20.6. The average Bonchev–Trinajstić information content (AvgIpc) is 2.74. The number of morpholine rings is 1. The maximum absolute atomic E-state index is 13.1. The van der Waals surface area contributed by atoms with Gasteiger partial charge >= 0.3 is 0 Å². The van der Waals surface area contributed by atoms with Crippen molar-refractivity contribution in [3.8, 4) is 11.5 Å². The van der Waals surface area contributed by atoms with Crippen LogP contribution in [-0.2, 0) is 20.9 Å². The van der Waals surface area contributed by atoms with E-state index in [1.54, 1.807) is 31.4 Å². The molecule has 2 amide bonds. The third-order valence-corrected chi connectivity index (χ3v) is 4.49. The molecule has 154 valence electrons. The monoisotopic (exact) mass is 402 g/mol. The highest BCUT2D eigenvalue weighted by Crippen LogP contribution is 2.25. The molecule has 0 spiro atoms. The van der Waals surface area contributed by atoms with E-state index in [2.05, 4.69) is 5.32 Å². The van der Waals surface area contributed by atoms with Gasteiger partial charge in [-0.2, -0.15) is 0 Å². The molecule has 0 saturated carbocycles. The Morgan fingerprint density at radius 1 is 1.21 bits per heavy atom. The van der Waals surface area contributed by atoms with E-state index < -0.39 is 6.04 Å². The molecule has 7 nitrogen and oxygen atoms in total. The number of ether oxygens (including phenoxy) is 3. The third-order valence-electron chi connectivity index (χ3n) is 4.49. The molecule has 1 fully saturated rings. The maximum atomic E-state index is 13.1. The van der Waals surface area contributed by atoms with Crippen LogP contribution in [0.1, 0.15) is 5.56 Å². The number of hydrogen-bond acceptors (Lipinski definition) is 5. The number of methoxy groups -OCH3 is 1. The molecule has 29 heavy (non-hydrogen) atoms. The molecule has 1 N–H and O–H groups in total. The molecular formula is C21H23FN2O5. The van der Waals surface area contributed by atoms with Gasteiger partial charge in [0.15, 0.2) is 11.5 Å². The molecule has 1 heterocycles. The Bertz CT molecular complexity index is 843. The fraction of sp³-hybridized carbons (Fsp3) is 0.333. The smallest absolute Gasteiger partial charge is 0.249 e. The van der Waals surface area contributed by atoms with E-state index >= 15 is 0 Å². The lowest BCUT2D eigenvalue weighted by Gasteiger charge is -2.34. The van der Waals surface area contributed by atoms with Crippen molar-refractivity contribution >= 4 is 11.8 Å². The van der Waals surface area contributed by atoms with E-state index in [9.17, 15) is 14.0 Å². The first-order valence-electron chi connectivity index (χ1n) is 9.23. The molecule has 3 rings (SSSR count). The SMILES string of the molecule is COc1ccccc1OCCNC(=O)[C@@H]1COCC(=O)N1Cc1ccc(F)cc1. The molecule has 0 bridgehead atoms. The second-order valence-electron chi connectivity index (χ2n) is 6.47. The number of benzene rings is 2. The zero-order valence-electron chi connectivity index (χ0n) is 16.1. The van der Waals surface area contributed by atoms with Gasteiger partial charge in [0, 0.05) is 6.54 Å². The largest absolute Gasteiger partial charge is 0.493 e. The average molecular weight is 402 g/mol. The first-order valence-corrected chi connectivity index (χ1v) is 9.23. The summed E-state index contributed by atoms with van der Waals surface area (Å²) >= 11 is 0. The number of carbonyl (C=O) groups excluding carboxylic acids is 2. The van der Waals surface area contributed by atoms with Crippen LogP contribution < -0.4 is 14.8 Å². The van der Waals surface area contributed by atoms with Crippen LogP contribution in [0.25, 0.3) is 0 Å². The van der Waals surface area contributed by atoms with Crippen molar-refractivity contribution in [2.24, 2.45) is 0 Å². The van der Waals surface area contributed by atoms with Crippen molar-refractivity contribution in [2.45, 2.75) is 12.6 Å². The quantitative estimate of drug-likeness (QED) is 0.681. The van der Waals surface area contributed by atoms with E-state index in [0.29, 0.717) is 11.5 Å². The molecule has 1 atom stereocenters. The van der Waals surface area contributed by atoms with Crippen molar-refractivity contribution in [2.75, 3.05) is 33.5 Å². The summed E-state index contributed by atoms with van der Waals surface area (Å²) in [4.78, 5) is 26.3. The fourth-order valence-corrected chi connectivity index (χ4v) is 3.00. The van der Waals surface area contributed by atoms with Gasteiger partial charge in [-0.15, -0.1) is 0 Å². The second-order valence-corrected chi connectivity index (χ2v) is 6.47. The molecule has 0 aliphatic carbocycles. The van der Waals surface area contributed by atoms with E-state index in [1.165, 1.54) is 17.0 Å². The van der Waals surface area contributed by atoms with Gasteiger partial charge < -0.3 is 24.4 Å². The van der Waals surface area contributed by atoms with Crippen LogP contribution in [0.2, 0.25) is 0 Å². The third kappa shape index (κ3) is 5.45. The normalized spacial score (nSPS) is 16.4. The lowest BCUT2D eigenvalue weighted by molar-refractivity contribution is -0.155. The van der Waals surface area contributed by atoms with Crippen LogP contribution in [0.3, 0.4) is 0 Å². The Kier molecular flexibility index (Phi) is 7.02. The molecule has 1 aliphatic heterocycles. The van der Waals surface area contributed by atoms with E-state index in [1.807, 2.05) is 12.1 Å². The van der Waals surface area contributed by atoms with Crippen molar-refractivity contribution in [1.82, 2.24) is 10.2 Å². The Labute approximate surface area is 168 Å². The first-order chi connectivity index (χ1) is 14.1. The van der Waals surface area contributed by atoms with Crippen molar-refractivity contribution in [1.29, 1.82) is 0 Å². The number of carbonyl (C=O) groups is 2. The highest BCUT2D eigenvalue weighted by atomic mass is 19.1. The Hall–Kier alpha value is -3.13. The molecule has 0 unspecified atom stereocenters. The summed E-state index contributed by atoms with van der Waals surface area (Å²) in [5.74, 6) is 0.218. The van der Waals surface area contributed by atoms with Crippen LogP contribution in [-0.4, -0.2) is 56.2 Å². The van der Waals surface area contributed by atoms with E-state index in [4.69, 9.17) is 14.2 Å². The minimum atomic E-state index is -0.757. The van der Waals surface area contributed by atoms with Gasteiger partial charge in [-0.05, 0) is 29.8 Å². The second kappa shape index (κ2) is 9.88. The van der Waals surface area contributed by atoms with Gasteiger partial charge in [0.25, 0.3) is 0 Å². The predicted molar refractivity (Wildman–Crippen MR) is 103 cm³/mol. The number of rotatable bonds is 8. The van der Waals surface area contributed by atoms with Crippen LogP contribution in [0, 0.1) is 5.82 Å². The zero-order valence-corrected chi connectivity index (χ0v) is 16.1. The molecule has 0 aromatic heterocycles. The number of hydrogen-bond donors (Lipinski definition) is 1. The minimum Gasteiger partial charge on any atom is -0.493 e. The van der Waals surface area contributed by atoms with Gasteiger partial charge in [0.05, 0.1) is 20.3 Å². The van der Waals surface area contributed by atoms with Crippen LogP contribution in [0.5, 0.6) is 11.5 Å². The minimum absolute atomic E-state index is 0.0815.